The number of aryl methyl sites for hydroxylation is 2. The summed E-state index contributed by atoms with van der Waals surface area (Å²) in [6.45, 7) is -0.493. The van der Waals surface area contributed by atoms with Gasteiger partial charge in [-0.15, -0.1) is 0 Å². The molecule has 0 bridgehead atoms. The minimum absolute atomic E-state index is 0.204. The van der Waals surface area contributed by atoms with Crippen molar-refractivity contribution in [1.82, 2.24) is 0 Å². The Bertz CT molecular complexity index is 770. The van der Waals surface area contributed by atoms with Crippen LogP contribution < -0.4 is 4.74 Å². The average Bonchev–Trinajstić information content (AvgIpc) is 3.05. The van der Waals surface area contributed by atoms with Crippen LogP contribution in [0.25, 0.3) is 0 Å². The molecule has 2 aromatic rings. The number of hydrogen-bond acceptors (Lipinski definition) is 4. The number of ether oxygens (including phenoxy) is 2. The first-order valence-electron chi connectivity index (χ1n) is 7.81. The molecular formula is C19H17BrO4. The van der Waals surface area contributed by atoms with Gasteiger partial charge in [-0.3, -0.25) is 4.79 Å². The molecule has 0 saturated carbocycles. The van der Waals surface area contributed by atoms with Gasteiger partial charge >= 0.3 is 5.97 Å². The Kier molecular flexibility index (Phi) is 5.30. The molecule has 0 radical (unpaired) electrons. The van der Waals surface area contributed by atoms with Gasteiger partial charge in [0.05, 0.1) is 0 Å². The summed E-state index contributed by atoms with van der Waals surface area (Å²) < 4.78 is 11.2. The van der Waals surface area contributed by atoms with Crippen LogP contribution >= 0.6 is 15.9 Å². The van der Waals surface area contributed by atoms with E-state index in [4.69, 9.17) is 9.47 Å². The third kappa shape index (κ3) is 4.23. The largest absolute Gasteiger partial charge is 0.482 e. The molecule has 1 aliphatic rings. The van der Waals surface area contributed by atoms with E-state index in [9.17, 15) is 9.59 Å². The summed E-state index contributed by atoms with van der Waals surface area (Å²) in [5.74, 6) is -0.146. The lowest BCUT2D eigenvalue weighted by Crippen LogP contribution is -2.19. The second-order valence-corrected chi connectivity index (χ2v) is 6.58. The molecule has 3 rings (SSSR count). The van der Waals surface area contributed by atoms with Crippen LogP contribution in [0.4, 0.5) is 0 Å². The van der Waals surface area contributed by atoms with Gasteiger partial charge < -0.3 is 9.47 Å². The summed E-state index contributed by atoms with van der Waals surface area (Å²) in [5, 5.41) is 0. The zero-order chi connectivity index (χ0) is 16.9. The zero-order valence-corrected chi connectivity index (χ0v) is 14.7. The molecule has 0 saturated heterocycles. The maximum Gasteiger partial charge on any atom is 0.344 e. The molecular weight excluding hydrogens is 372 g/mol. The lowest BCUT2D eigenvalue weighted by atomic mass is 10.1. The van der Waals surface area contributed by atoms with Crippen LogP contribution in [0.15, 0.2) is 46.9 Å². The van der Waals surface area contributed by atoms with Gasteiger partial charge in [0.25, 0.3) is 0 Å². The number of rotatable bonds is 6. The highest BCUT2D eigenvalue weighted by Gasteiger charge is 2.13. The van der Waals surface area contributed by atoms with Crippen molar-refractivity contribution < 1.29 is 19.1 Å². The Morgan fingerprint density at radius 2 is 1.83 bits per heavy atom. The van der Waals surface area contributed by atoms with Gasteiger partial charge in [0, 0.05) is 10.0 Å². The fraction of sp³-hybridized carbons (Fsp3) is 0.263. The third-order valence-corrected chi connectivity index (χ3v) is 4.43. The summed E-state index contributed by atoms with van der Waals surface area (Å²) in [7, 11) is 0. The molecule has 5 heteroatoms. The van der Waals surface area contributed by atoms with Crippen LogP contribution in [0.1, 0.15) is 27.9 Å². The van der Waals surface area contributed by atoms with Crippen LogP contribution in [-0.4, -0.2) is 25.0 Å². The lowest BCUT2D eigenvalue weighted by Gasteiger charge is -2.08. The first-order valence-corrected chi connectivity index (χ1v) is 8.60. The second-order valence-electron chi connectivity index (χ2n) is 5.67. The number of esters is 1. The van der Waals surface area contributed by atoms with E-state index in [1.165, 1.54) is 17.5 Å². The molecule has 124 valence electrons. The van der Waals surface area contributed by atoms with E-state index in [1.807, 2.05) is 24.3 Å². The number of fused-ring (bicyclic) bond motifs is 1. The Morgan fingerprint density at radius 1 is 1.00 bits per heavy atom. The highest BCUT2D eigenvalue weighted by molar-refractivity contribution is 9.10. The van der Waals surface area contributed by atoms with Crippen molar-refractivity contribution in [3.63, 3.8) is 0 Å². The van der Waals surface area contributed by atoms with Gasteiger partial charge in [-0.05, 0) is 54.7 Å². The SMILES string of the molecule is O=C(COc1ccc2c(c1)CCC2)OCC(=O)c1cccc(Br)c1. The smallest absolute Gasteiger partial charge is 0.344 e. The Morgan fingerprint density at radius 3 is 2.67 bits per heavy atom. The first-order chi connectivity index (χ1) is 11.6. The Balaban J connectivity index is 1.47. The highest BCUT2D eigenvalue weighted by atomic mass is 79.9. The van der Waals surface area contributed by atoms with Crippen molar-refractivity contribution in [2.45, 2.75) is 19.3 Å². The van der Waals surface area contributed by atoms with Crippen molar-refractivity contribution in [2.75, 3.05) is 13.2 Å². The molecule has 0 atom stereocenters. The predicted molar refractivity (Wildman–Crippen MR) is 93.4 cm³/mol. The van der Waals surface area contributed by atoms with Gasteiger partial charge in [-0.2, -0.15) is 0 Å². The molecule has 0 N–H and O–H groups in total. The number of carbonyl (C=O) groups is 2. The quantitative estimate of drug-likeness (QED) is 0.558. The van der Waals surface area contributed by atoms with Gasteiger partial charge in [-0.1, -0.05) is 34.1 Å². The maximum atomic E-state index is 12.0. The molecule has 4 nitrogen and oxygen atoms in total. The van der Waals surface area contributed by atoms with Crippen molar-refractivity contribution in [1.29, 1.82) is 0 Å². The molecule has 0 amide bonds. The number of carbonyl (C=O) groups excluding carboxylic acids is 2. The topological polar surface area (TPSA) is 52.6 Å². The molecule has 0 spiro atoms. The van der Waals surface area contributed by atoms with E-state index in [0.29, 0.717) is 11.3 Å². The van der Waals surface area contributed by atoms with Crippen molar-refractivity contribution in [2.24, 2.45) is 0 Å². The van der Waals surface area contributed by atoms with E-state index in [0.717, 1.165) is 17.3 Å². The number of ketones is 1. The number of halogens is 1. The van der Waals surface area contributed by atoms with Crippen LogP contribution in [0.3, 0.4) is 0 Å². The van der Waals surface area contributed by atoms with E-state index < -0.39 is 5.97 Å². The summed E-state index contributed by atoms with van der Waals surface area (Å²) in [4.78, 5) is 23.7. The zero-order valence-electron chi connectivity index (χ0n) is 13.1. The standard InChI is InChI=1S/C19H17BrO4/c20-16-6-2-5-15(9-16)18(21)11-24-19(22)12-23-17-8-7-13-3-1-4-14(13)10-17/h2,5-10H,1,3-4,11-12H2. The number of Topliss-reactive ketones (excluding diaryl/α,β-unsaturated/α-hetero) is 1. The van der Waals surface area contributed by atoms with Gasteiger partial charge in [0.15, 0.2) is 19.0 Å². The van der Waals surface area contributed by atoms with Gasteiger partial charge in [0.2, 0.25) is 0 Å². The van der Waals surface area contributed by atoms with E-state index >= 15 is 0 Å². The fourth-order valence-electron chi connectivity index (χ4n) is 2.71. The first kappa shape index (κ1) is 16.7. The van der Waals surface area contributed by atoms with Gasteiger partial charge in [-0.25, -0.2) is 4.79 Å². The maximum absolute atomic E-state index is 12.0. The van der Waals surface area contributed by atoms with Crippen LogP contribution in [0.2, 0.25) is 0 Å². The molecule has 0 unspecified atom stereocenters. The van der Waals surface area contributed by atoms with Crippen molar-refractivity contribution >= 4 is 27.7 Å². The highest BCUT2D eigenvalue weighted by Crippen LogP contribution is 2.25. The van der Waals surface area contributed by atoms with Crippen molar-refractivity contribution in [3.05, 3.63) is 63.6 Å². The van der Waals surface area contributed by atoms with Gasteiger partial charge in [0.1, 0.15) is 5.75 Å². The monoisotopic (exact) mass is 388 g/mol. The lowest BCUT2D eigenvalue weighted by molar-refractivity contribution is -0.144. The summed E-state index contributed by atoms with van der Waals surface area (Å²) in [6.07, 6.45) is 3.33. The van der Waals surface area contributed by atoms with Crippen LogP contribution in [0, 0.1) is 0 Å². The van der Waals surface area contributed by atoms with E-state index in [1.54, 1.807) is 18.2 Å². The normalized spacial score (nSPS) is 12.5. The molecule has 0 heterocycles. The molecule has 24 heavy (non-hydrogen) atoms. The fourth-order valence-corrected chi connectivity index (χ4v) is 3.11. The number of benzene rings is 2. The van der Waals surface area contributed by atoms with Crippen LogP contribution in [-0.2, 0) is 22.4 Å². The summed E-state index contributed by atoms with van der Waals surface area (Å²) in [5.41, 5.74) is 3.13. The summed E-state index contributed by atoms with van der Waals surface area (Å²) in [6, 6.07) is 12.8. The summed E-state index contributed by atoms with van der Waals surface area (Å²) >= 11 is 3.30. The second kappa shape index (κ2) is 7.62. The molecule has 0 fully saturated rings. The van der Waals surface area contributed by atoms with Crippen molar-refractivity contribution in [3.8, 4) is 5.75 Å². The number of hydrogen-bond donors (Lipinski definition) is 0. The average molecular weight is 389 g/mol. The van der Waals surface area contributed by atoms with Crippen LogP contribution in [0.5, 0.6) is 5.75 Å². The molecule has 0 aliphatic heterocycles. The van der Waals surface area contributed by atoms with E-state index in [-0.39, 0.29) is 19.0 Å². The Labute approximate surface area is 148 Å². The Hall–Kier alpha value is -2.14. The molecule has 0 aromatic heterocycles. The molecule has 2 aromatic carbocycles. The molecule has 1 aliphatic carbocycles. The minimum atomic E-state index is -0.557. The third-order valence-electron chi connectivity index (χ3n) is 3.94. The van der Waals surface area contributed by atoms with E-state index in [2.05, 4.69) is 15.9 Å². The minimum Gasteiger partial charge on any atom is -0.482 e. The predicted octanol–water partition coefficient (Wildman–Crippen LogP) is 3.74.